The molecule has 0 aliphatic carbocycles. The maximum absolute atomic E-state index is 5.16. The zero-order chi connectivity index (χ0) is 29.0. The summed E-state index contributed by atoms with van der Waals surface area (Å²) in [6.07, 6.45) is 3.73. The number of benzene rings is 4. The first-order valence-corrected chi connectivity index (χ1v) is 14.7. The molecule has 0 N–H and O–H groups in total. The number of hydrogen-bond donors (Lipinski definition) is 0. The van der Waals surface area contributed by atoms with Crippen LogP contribution in [0.2, 0.25) is 0 Å². The second-order valence-electron chi connectivity index (χ2n) is 11.0. The molecule has 0 radical (unpaired) electrons. The number of rotatable bonds is 4. The molecule has 5 heterocycles. The maximum atomic E-state index is 5.16. The summed E-state index contributed by atoms with van der Waals surface area (Å²) in [5.74, 6) is 0. The van der Waals surface area contributed by atoms with Gasteiger partial charge >= 0.3 is 0 Å². The Morgan fingerprint density at radius 3 is 1.48 bits per heavy atom. The Hall–Kier alpha value is -6.07. The van der Waals surface area contributed by atoms with Crippen LogP contribution in [0, 0.1) is 0 Å². The van der Waals surface area contributed by atoms with E-state index in [1.54, 1.807) is 0 Å². The summed E-state index contributed by atoms with van der Waals surface area (Å²) in [5, 5.41) is 2.25. The Morgan fingerprint density at radius 2 is 0.886 bits per heavy atom. The number of fused-ring (bicyclic) bond motifs is 6. The highest BCUT2D eigenvalue weighted by molar-refractivity contribution is 6.08. The minimum absolute atomic E-state index is 0.909. The number of para-hydroxylation sites is 2. The molecule has 0 bridgehead atoms. The molecule has 0 saturated heterocycles. The van der Waals surface area contributed by atoms with Gasteiger partial charge in [0, 0.05) is 45.7 Å². The molecule has 0 aliphatic rings. The lowest BCUT2D eigenvalue weighted by molar-refractivity contribution is 1.13. The highest BCUT2D eigenvalue weighted by Gasteiger charge is 2.18. The van der Waals surface area contributed by atoms with E-state index in [4.69, 9.17) is 15.0 Å². The van der Waals surface area contributed by atoms with Crippen molar-refractivity contribution in [2.24, 2.45) is 0 Å². The number of aromatic nitrogens is 5. The van der Waals surface area contributed by atoms with Gasteiger partial charge in [-0.05, 0) is 66.7 Å². The fourth-order valence-electron chi connectivity index (χ4n) is 6.49. The Morgan fingerprint density at radius 1 is 0.386 bits per heavy atom. The normalized spacial score (nSPS) is 11.6. The second kappa shape index (κ2) is 9.75. The highest BCUT2D eigenvalue weighted by atomic mass is 15.0. The third kappa shape index (κ3) is 3.76. The molecule has 206 valence electrons. The van der Waals surface area contributed by atoms with Crippen LogP contribution in [0.3, 0.4) is 0 Å². The molecular weight excluding hydrogens is 538 g/mol. The van der Waals surface area contributed by atoms with Gasteiger partial charge in [0.25, 0.3) is 0 Å². The molecule has 4 aromatic carbocycles. The van der Waals surface area contributed by atoms with Crippen molar-refractivity contribution in [2.75, 3.05) is 0 Å². The van der Waals surface area contributed by atoms with Gasteiger partial charge in [-0.25, -0.2) is 4.98 Å². The summed E-state index contributed by atoms with van der Waals surface area (Å²) >= 11 is 0. The standard InChI is InChI=1S/C39H25N5/c1-2-11-26(12-3-1)32-15-8-16-33(42-32)27-23-28(43-34-17-6-4-13-30(34)38-36(43)19-9-21-40-38)25-29(24-27)44-35-18-7-5-14-31(35)39-37(44)20-10-22-41-39/h1-25H. The van der Waals surface area contributed by atoms with Crippen molar-refractivity contribution in [3.8, 4) is 33.9 Å². The van der Waals surface area contributed by atoms with Crippen LogP contribution in [0.5, 0.6) is 0 Å². The van der Waals surface area contributed by atoms with E-state index < -0.39 is 0 Å². The van der Waals surface area contributed by atoms with Gasteiger partial charge in [0.15, 0.2) is 0 Å². The van der Waals surface area contributed by atoms with Gasteiger partial charge in [0.05, 0.1) is 44.5 Å². The van der Waals surface area contributed by atoms with E-state index in [2.05, 4.69) is 130 Å². The Balaban J connectivity index is 1.37. The van der Waals surface area contributed by atoms with E-state index in [0.29, 0.717) is 0 Å². The van der Waals surface area contributed by atoms with E-state index in [1.165, 1.54) is 0 Å². The van der Waals surface area contributed by atoms with Crippen molar-refractivity contribution in [1.82, 2.24) is 24.1 Å². The Labute approximate surface area is 253 Å². The Kier molecular flexibility index (Phi) is 5.43. The summed E-state index contributed by atoms with van der Waals surface area (Å²) in [6, 6.07) is 48.6. The monoisotopic (exact) mass is 563 g/mol. The molecule has 44 heavy (non-hydrogen) atoms. The van der Waals surface area contributed by atoms with Crippen molar-refractivity contribution in [3.63, 3.8) is 0 Å². The zero-order valence-electron chi connectivity index (χ0n) is 23.7. The maximum Gasteiger partial charge on any atom is 0.0963 e. The number of nitrogens with zero attached hydrogens (tertiary/aromatic N) is 5. The molecule has 0 amide bonds. The zero-order valence-corrected chi connectivity index (χ0v) is 23.7. The molecule has 0 aliphatic heterocycles. The lowest BCUT2D eigenvalue weighted by Crippen LogP contribution is -2.01. The lowest BCUT2D eigenvalue weighted by atomic mass is 10.1. The first kappa shape index (κ1) is 24.5. The quantitative estimate of drug-likeness (QED) is 0.214. The summed E-state index contributed by atoms with van der Waals surface area (Å²) in [6.45, 7) is 0. The third-order valence-electron chi connectivity index (χ3n) is 8.39. The van der Waals surface area contributed by atoms with Crippen LogP contribution in [0.25, 0.3) is 77.8 Å². The van der Waals surface area contributed by atoms with Gasteiger partial charge in [-0.15, -0.1) is 0 Å². The van der Waals surface area contributed by atoms with Crippen LogP contribution < -0.4 is 0 Å². The fourth-order valence-corrected chi connectivity index (χ4v) is 6.49. The lowest BCUT2D eigenvalue weighted by Gasteiger charge is -2.15. The third-order valence-corrected chi connectivity index (χ3v) is 8.39. The van der Waals surface area contributed by atoms with Gasteiger partial charge in [-0.2, -0.15) is 0 Å². The van der Waals surface area contributed by atoms with Crippen molar-refractivity contribution < 1.29 is 0 Å². The van der Waals surface area contributed by atoms with Crippen LogP contribution in [-0.4, -0.2) is 24.1 Å². The molecule has 5 heteroatoms. The van der Waals surface area contributed by atoms with Gasteiger partial charge in [-0.1, -0.05) is 72.8 Å². The van der Waals surface area contributed by atoms with E-state index in [0.717, 1.165) is 77.8 Å². The number of pyridine rings is 3. The predicted molar refractivity (Wildman–Crippen MR) is 179 cm³/mol. The summed E-state index contributed by atoms with van der Waals surface area (Å²) < 4.78 is 4.63. The average Bonchev–Trinajstić information content (AvgIpc) is 3.62. The van der Waals surface area contributed by atoms with Gasteiger partial charge in [0.2, 0.25) is 0 Å². The predicted octanol–water partition coefficient (Wildman–Crippen LogP) is 9.40. The Bertz CT molecular complexity index is 2270. The molecule has 0 fully saturated rings. The van der Waals surface area contributed by atoms with E-state index in [-0.39, 0.29) is 0 Å². The molecule has 5 aromatic heterocycles. The van der Waals surface area contributed by atoms with Crippen molar-refractivity contribution in [1.29, 1.82) is 0 Å². The first-order valence-electron chi connectivity index (χ1n) is 14.7. The SMILES string of the molecule is c1ccc(-c2cccc(-c3cc(-n4c5ccccc5c5ncccc54)cc(-n4c5ccccc5c5ncccc54)c3)n2)cc1. The fraction of sp³-hybridized carbons (Fsp3) is 0. The summed E-state index contributed by atoms with van der Waals surface area (Å²) in [5.41, 5.74) is 12.4. The van der Waals surface area contributed by atoms with E-state index in [9.17, 15) is 0 Å². The summed E-state index contributed by atoms with van der Waals surface area (Å²) in [4.78, 5) is 14.7. The summed E-state index contributed by atoms with van der Waals surface area (Å²) in [7, 11) is 0. The second-order valence-corrected chi connectivity index (χ2v) is 11.0. The van der Waals surface area contributed by atoms with Gasteiger partial charge in [-0.3, -0.25) is 9.97 Å². The van der Waals surface area contributed by atoms with Crippen LogP contribution in [0.15, 0.2) is 152 Å². The molecule has 9 aromatic rings. The topological polar surface area (TPSA) is 48.5 Å². The average molecular weight is 564 g/mol. The van der Waals surface area contributed by atoms with Crippen LogP contribution >= 0.6 is 0 Å². The minimum Gasteiger partial charge on any atom is -0.308 e. The van der Waals surface area contributed by atoms with Crippen LogP contribution in [0.1, 0.15) is 0 Å². The van der Waals surface area contributed by atoms with Crippen molar-refractivity contribution in [3.05, 3.63) is 152 Å². The number of hydrogen-bond acceptors (Lipinski definition) is 3. The molecule has 0 unspecified atom stereocenters. The molecule has 0 spiro atoms. The van der Waals surface area contributed by atoms with E-state index >= 15 is 0 Å². The molecule has 0 atom stereocenters. The minimum atomic E-state index is 0.909. The smallest absolute Gasteiger partial charge is 0.0963 e. The molecule has 0 saturated carbocycles. The van der Waals surface area contributed by atoms with Crippen LogP contribution in [0.4, 0.5) is 0 Å². The highest BCUT2D eigenvalue weighted by Crippen LogP contribution is 2.36. The van der Waals surface area contributed by atoms with Gasteiger partial charge in [0.1, 0.15) is 0 Å². The van der Waals surface area contributed by atoms with Crippen LogP contribution in [-0.2, 0) is 0 Å². The van der Waals surface area contributed by atoms with Crippen molar-refractivity contribution in [2.45, 2.75) is 0 Å². The van der Waals surface area contributed by atoms with Crippen molar-refractivity contribution >= 4 is 43.9 Å². The largest absolute Gasteiger partial charge is 0.308 e. The van der Waals surface area contributed by atoms with Gasteiger partial charge < -0.3 is 9.13 Å². The van der Waals surface area contributed by atoms with E-state index in [1.807, 2.05) is 30.6 Å². The molecule has 9 rings (SSSR count). The molecular formula is C39H25N5. The first-order chi connectivity index (χ1) is 21.8. The molecule has 5 nitrogen and oxygen atoms in total.